The predicted octanol–water partition coefficient (Wildman–Crippen LogP) is 6.11. The summed E-state index contributed by atoms with van der Waals surface area (Å²) in [6.07, 6.45) is 0.841. The van der Waals surface area contributed by atoms with Crippen molar-refractivity contribution in [2.45, 2.75) is 31.9 Å². The highest BCUT2D eigenvalue weighted by molar-refractivity contribution is 6.42. The summed E-state index contributed by atoms with van der Waals surface area (Å²) in [5.41, 5.74) is 2.74. The van der Waals surface area contributed by atoms with E-state index in [9.17, 15) is 10.1 Å². The largest absolute Gasteiger partial charge is 0.375 e. The summed E-state index contributed by atoms with van der Waals surface area (Å²) in [5.74, 6) is -0.0223. The molecule has 7 heteroatoms. The van der Waals surface area contributed by atoms with Gasteiger partial charge in [-0.05, 0) is 68.5 Å². The van der Waals surface area contributed by atoms with Gasteiger partial charge in [-0.15, -0.1) is 0 Å². The third-order valence-corrected chi connectivity index (χ3v) is 7.39. The Kier molecular flexibility index (Phi) is 7.98. The third-order valence-electron chi connectivity index (χ3n) is 6.65. The number of halogens is 2. The molecule has 0 saturated heterocycles. The molecule has 0 N–H and O–H groups in total. The number of carbonyl (C=O) groups excluding carboxylic acids is 1. The van der Waals surface area contributed by atoms with E-state index in [1.807, 2.05) is 74.4 Å². The number of benzene rings is 3. The van der Waals surface area contributed by atoms with E-state index in [0.29, 0.717) is 39.9 Å². The normalized spacial score (nSPS) is 17.1. The van der Waals surface area contributed by atoms with Crippen LogP contribution in [0.2, 0.25) is 10.0 Å². The third kappa shape index (κ3) is 5.47. The molecule has 5 nitrogen and oxygen atoms in total. The highest BCUT2D eigenvalue weighted by Crippen LogP contribution is 2.33. The zero-order chi connectivity index (χ0) is 25.1. The minimum atomic E-state index is -0.134. The van der Waals surface area contributed by atoms with Crippen molar-refractivity contribution in [3.63, 3.8) is 0 Å². The molecule has 0 fully saturated rings. The fourth-order valence-corrected chi connectivity index (χ4v) is 5.00. The molecule has 0 aromatic heterocycles. The van der Waals surface area contributed by atoms with Gasteiger partial charge in [0.25, 0.3) is 5.91 Å². The summed E-state index contributed by atoms with van der Waals surface area (Å²) in [6, 6.07) is 17.4. The number of fused-ring (bicyclic) bond motifs is 3. The van der Waals surface area contributed by atoms with Gasteiger partial charge in [0, 0.05) is 18.0 Å². The molecule has 0 radical (unpaired) electrons. The Morgan fingerprint density at radius 2 is 1.94 bits per heavy atom. The van der Waals surface area contributed by atoms with Crippen LogP contribution in [-0.2, 0) is 11.3 Å². The van der Waals surface area contributed by atoms with Crippen LogP contribution < -0.4 is 0 Å². The molecule has 1 aliphatic rings. The van der Waals surface area contributed by atoms with Crippen LogP contribution in [0.1, 0.15) is 46.3 Å². The molecule has 0 unspecified atom stereocenters. The van der Waals surface area contributed by atoms with Crippen molar-refractivity contribution >= 4 is 39.9 Å². The Morgan fingerprint density at radius 3 is 2.66 bits per heavy atom. The molecule has 1 aliphatic heterocycles. The summed E-state index contributed by atoms with van der Waals surface area (Å²) in [7, 11) is 4.07. The molecule has 35 heavy (non-hydrogen) atoms. The molecular formula is C28H29Cl2N3O2. The first kappa shape index (κ1) is 25.5. The summed E-state index contributed by atoms with van der Waals surface area (Å²) < 4.78 is 6.01. The van der Waals surface area contributed by atoms with Crippen molar-refractivity contribution in [1.29, 1.82) is 5.26 Å². The lowest BCUT2D eigenvalue weighted by Crippen LogP contribution is -2.45. The molecule has 182 valence electrons. The zero-order valence-corrected chi connectivity index (χ0v) is 21.7. The maximum absolute atomic E-state index is 14.2. The molecule has 0 saturated carbocycles. The van der Waals surface area contributed by atoms with Crippen molar-refractivity contribution in [2.24, 2.45) is 0 Å². The smallest absolute Gasteiger partial charge is 0.255 e. The monoisotopic (exact) mass is 509 g/mol. The van der Waals surface area contributed by atoms with Crippen molar-refractivity contribution in [3.05, 3.63) is 80.8 Å². The van der Waals surface area contributed by atoms with E-state index in [2.05, 4.69) is 11.0 Å². The van der Waals surface area contributed by atoms with Gasteiger partial charge < -0.3 is 14.5 Å². The number of hydrogen-bond acceptors (Lipinski definition) is 4. The molecule has 2 atom stereocenters. The van der Waals surface area contributed by atoms with Gasteiger partial charge in [0.1, 0.15) is 0 Å². The second kappa shape index (κ2) is 11.0. The minimum Gasteiger partial charge on any atom is -0.375 e. The Labute approximate surface area is 216 Å². The van der Waals surface area contributed by atoms with Gasteiger partial charge in [-0.2, -0.15) is 5.26 Å². The van der Waals surface area contributed by atoms with Crippen LogP contribution in [0.25, 0.3) is 10.8 Å². The number of rotatable bonds is 6. The van der Waals surface area contributed by atoms with E-state index in [-0.39, 0.29) is 24.5 Å². The van der Waals surface area contributed by atoms with Gasteiger partial charge in [0.15, 0.2) is 0 Å². The number of nitriles is 1. The average molecular weight is 510 g/mol. The zero-order valence-electron chi connectivity index (χ0n) is 20.2. The van der Waals surface area contributed by atoms with E-state index in [4.69, 9.17) is 27.9 Å². The number of ether oxygens (including phenoxy) is 1. The van der Waals surface area contributed by atoms with E-state index in [0.717, 1.165) is 29.3 Å². The first-order valence-electron chi connectivity index (χ1n) is 11.7. The first-order valence-corrected chi connectivity index (χ1v) is 12.5. The Morgan fingerprint density at radius 1 is 1.17 bits per heavy atom. The molecule has 3 aromatic rings. The van der Waals surface area contributed by atoms with Gasteiger partial charge in [0.05, 0.1) is 46.5 Å². The molecule has 0 aliphatic carbocycles. The fraction of sp³-hybridized carbons (Fsp3) is 0.357. The maximum Gasteiger partial charge on any atom is 0.255 e. The Bertz CT molecular complexity index is 1290. The minimum absolute atomic E-state index is 0.0480. The Hall–Kier alpha value is -2.62. The summed E-state index contributed by atoms with van der Waals surface area (Å²) in [4.78, 5) is 18.2. The Balaban J connectivity index is 1.79. The number of nitrogens with zero attached hydrogens (tertiary/aromatic N) is 3. The van der Waals surface area contributed by atoms with Gasteiger partial charge in [-0.1, -0.05) is 53.5 Å². The lowest BCUT2D eigenvalue weighted by molar-refractivity contribution is 0.0345. The quantitative estimate of drug-likeness (QED) is 0.401. The van der Waals surface area contributed by atoms with Crippen LogP contribution in [0.4, 0.5) is 0 Å². The van der Waals surface area contributed by atoms with Crippen LogP contribution in [0.15, 0.2) is 48.5 Å². The standard InChI is InChI=1S/C28H29Cl2N3O2/c1-18-16-35-17-24-22(14-31)12-20-6-4-5-7-23(20)27(24)28(34)33(18)15-21(10-11-32(2)3)19-8-9-25(29)26(30)13-19/h4-9,12-13,18,21H,10-11,15-17H2,1-3H3/t18-,21+/m0/s1. The number of hydrogen-bond donors (Lipinski definition) is 0. The topological polar surface area (TPSA) is 56.6 Å². The van der Waals surface area contributed by atoms with E-state index in [1.54, 1.807) is 0 Å². The molecular weight excluding hydrogens is 481 g/mol. The van der Waals surface area contributed by atoms with E-state index in [1.165, 1.54) is 0 Å². The van der Waals surface area contributed by atoms with Gasteiger partial charge in [0.2, 0.25) is 0 Å². The first-order chi connectivity index (χ1) is 16.8. The van der Waals surface area contributed by atoms with Gasteiger partial charge >= 0.3 is 0 Å². The number of carbonyl (C=O) groups is 1. The van der Waals surface area contributed by atoms with E-state index < -0.39 is 0 Å². The fourth-order valence-electron chi connectivity index (χ4n) is 4.69. The van der Waals surface area contributed by atoms with Crippen molar-refractivity contribution < 1.29 is 9.53 Å². The summed E-state index contributed by atoms with van der Waals surface area (Å²) >= 11 is 12.5. The van der Waals surface area contributed by atoms with Crippen LogP contribution in [0, 0.1) is 11.3 Å². The van der Waals surface area contributed by atoms with Crippen LogP contribution >= 0.6 is 23.2 Å². The summed E-state index contributed by atoms with van der Waals surface area (Å²) in [5, 5.41) is 12.6. The lowest BCUT2D eigenvalue weighted by Gasteiger charge is -2.36. The van der Waals surface area contributed by atoms with Crippen molar-refractivity contribution in [2.75, 3.05) is 33.8 Å². The van der Waals surface area contributed by atoms with Gasteiger partial charge in [-0.3, -0.25) is 4.79 Å². The molecule has 0 bridgehead atoms. The average Bonchev–Trinajstić information content (AvgIpc) is 2.84. The SMILES string of the molecule is C[C@H]1COCc2c(C#N)cc3ccccc3c2C(=O)N1C[C@@H](CCN(C)C)c1ccc(Cl)c(Cl)c1. The second-order valence-electron chi connectivity index (χ2n) is 9.39. The maximum atomic E-state index is 14.2. The number of amides is 1. The highest BCUT2D eigenvalue weighted by atomic mass is 35.5. The van der Waals surface area contributed by atoms with E-state index >= 15 is 0 Å². The van der Waals surface area contributed by atoms with Crippen molar-refractivity contribution in [1.82, 2.24) is 9.80 Å². The van der Waals surface area contributed by atoms with Crippen LogP contribution in [-0.4, -0.2) is 55.5 Å². The van der Waals surface area contributed by atoms with Crippen molar-refractivity contribution in [3.8, 4) is 6.07 Å². The predicted molar refractivity (Wildman–Crippen MR) is 141 cm³/mol. The molecule has 1 heterocycles. The molecule has 3 aromatic carbocycles. The molecule has 0 spiro atoms. The molecule has 4 rings (SSSR count). The highest BCUT2D eigenvalue weighted by Gasteiger charge is 2.31. The lowest BCUT2D eigenvalue weighted by atomic mass is 9.91. The molecule has 1 amide bonds. The van der Waals surface area contributed by atoms with Crippen LogP contribution in [0.3, 0.4) is 0 Å². The summed E-state index contributed by atoms with van der Waals surface area (Å²) in [6.45, 7) is 4.00. The van der Waals surface area contributed by atoms with Gasteiger partial charge in [-0.25, -0.2) is 0 Å². The van der Waals surface area contributed by atoms with Crippen LogP contribution in [0.5, 0.6) is 0 Å². The second-order valence-corrected chi connectivity index (χ2v) is 10.2.